The van der Waals surface area contributed by atoms with Gasteiger partial charge in [-0.1, -0.05) is 25.4 Å². The molecule has 0 saturated carbocycles. The van der Waals surface area contributed by atoms with E-state index in [1.807, 2.05) is 12.1 Å². The monoisotopic (exact) mass is 344 g/mol. The van der Waals surface area contributed by atoms with Gasteiger partial charge in [0.2, 0.25) is 0 Å². The van der Waals surface area contributed by atoms with Crippen LogP contribution in [-0.4, -0.2) is 25.1 Å². The van der Waals surface area contributed by atoms with Gasteiger partial charge in [-0.15, -0.1) is 12.4 Å². The van der Waals surface area contributed by atoms with Gasteiger partial charge in [0.15, 0.2) is 0 Å². The van der Waals surface area contributed by atoms with Crippen LogP contribution in [0, 0.1) is 5.92 Å². The molecule has 2 rings (SSSR count). The van der Waals surface area contributed by atoms with Crippen molar-refractivity contribution >= 4 is 36.0 Å². The van der Waals surface area contributed by atoms with E-state index < -0.39 is 0 Å². The van der Waals surface area contributed by atoms with Gasteiger partial charge >= 0.3 is 0 Å². The molecule has 0 fully saturated rings. The zero-order chi connectivity index (χ0) is 15.4. The minimum Gasteiger partial charge on any atom is -0.488 e. The lowest BCUT2D eigenvalue weighted by Gasteiger charge is -2.22. The molecule has 1 aromatic carbocycles. The number of benzene rings is 1. The first-order valence-corrected chi connectivity index (χ1v) is 7.51. The molecule has 0 bridgehead atoms. The fourth-order valence-corrected chi connectivity index (χ4v) is 2.52. The van der Waals surface area contributed by atoms with Crippen LogP contribution in [0.4, 0.5) is 0 Å². The molecule has 1 aromatic rings. The van der Waals surface area contributed by atoms with Gasteiger partial charge in [0, 0.05) is 23.2 Å². The summed E-state index contributed by atoms with van der Waals surface area (Å²) in [4.78, 5) is 12.3. The number of ether oxygens (including phenoxy) is 1. The van der Waals surface area contributed by atoms with Gasteiger partial charge in [0.1, 0.15) is 12.4 Å². The second-order valence-electron chi connectivity index (χ2n) is 5.68. The summed E-state index contributed by atoms with van der Waals surface area (Å²) in [7, 11) is 0. The highest BCUT2D eigenvalue weighted by Gasteiger charge is 2.20. The zero-order valence-corrected chi connectivity index (χ0v) is 14.3. The summed E-state index contributed by atoms with van der Waals surface area (Å²) >= 11 is 5.97. The molecule has 0 radical (unpaired) electrons. The van der Waals surface area contributed by atoms with Crippen LogP contribution in [0.5, 0.6) is 5.75 Å². The lowest BCUT2D eigenvalue weighted by Crippen LogP contribution is -2.42. The average molecular weight is 345 g/mol. The molecule has 1 aliphatic rings. The van der Waals surface area contributed by atoms with Crippen LogP contribution >= 0.6 is 24.0 Å². The molecule has 1 atom stereocenters. The number of nitrogens with two attached hydrogens (primary N) is 1. The minimum atomic E-state index is -0.128. The number of rotatable bonds is 5. The normalized spacial score (nSPS) is 14.3. The van der Waals surface area contributed by atoms with Crippen LogP contribution in [-0.2, 0) is 4.79 Å². The quantitative estimate of drug-likeness (QED) is 0.862. The standard InChI is InChI=1S/C16H21ClN2O2.ClH/c1-10(2)5-14(8-18)19-16(20)12-6-11-7-13(17)3-4-15(11)21-9-12;/h3-4,6-7,10,14H,5,8-9,18H2,1-2H3,(H,19,20);1H. The SMILES string of the molecule is CC(C)CC(CN)NC(=O)C1=Cc2cc(Cl)ccc2OC1.Cl. The predicted octanol–water partition coefficient (Wildman–Crippen LogP) is 3.03. The van der Waals surface area contributed by atoms with Crippen molar-refractivity contribution in [2.45, 2.75) is 26.3 Å². The molecule has 3 N–H and O–H groups in total. The van der Waals surface area contributed by atoms with Crippen molar-refractivity contribution in [3.63, 3.8) is 0 Å². The summed E-state index contributed by atoms with van der Waals surface area (Å²) in [5.74, 6) is 1.10. The average Bonchev–Trinajstić information content (AvgIpc) is 2.45. The van der Waals surface area contributed by atoms with Crippen molar-refractivity contribution < 1.29 is 9.53 Å². The van der Waals surface area contributed by atoms with Crippen molar-refractivity contribution in [3.05, 3.63) is 34.4 Å². The molecule has 1 amide bonds. The maximum Gasteiger partial charge on any atom is 0.250 e. The molecular weight excluding hydrogens is 323 g/mol. The van der Waals surface area contributed by atoms with Crippen molar-refractivity contribution in [1.82, 2.24) is 5.32 Å². The second-order valence-corrected chi connectivity index (χ2v) is 6.11. The van der Waals surface area contributed by atoms with E-state index in [2.05, 4.69) is 19.2 Å². The number of hydrogen-bond donors (Lipinski definition) is 2. The predicted molar refractivity (Wildman–Crippen MR) is 92.6 cm³/mol. The van der Waals surface area contributed by atoms with E-state index in [9.17, 15) is 4.79 Å². The Balaban J connectivity index is 0.00000242. The van der Waals surface area contributed by atoms with Gasteiger partial charge in [-0.25, -0.2) is 0 Å². The molecule has 6 heteroatoms. The highest BCUT2D eigenvalue weighted by molar-refractivity contribution is 6.30. The third kappa shape index (κ3) is 4.90. The Kier molecular flexibility index (Phi) is 7.20. The maximum atomic E-state index is 12.3. The number of nitrogens with one attached hydrogen (secondary N) is 1. The van der Waals surface area contributed by atoms with Gasteiger partial charge in [-0.2, -0.15) is 0 Å². The van der Waals surface area contributed by atoms with Crippen LogP contribution in [0.3, 0.4) is 0 Å². The molecule has 1 aliphatic heterocycles. The van der Waals surface area contributed by atoms with Crippen LogP contribution < -0.4 is 15.8 Å². The Hall–Kier alpha value is -1.23. The summed E-state index contributed by atoms with van der Waals surface area (Å²) < 4.78 is 5.59. The number of carbonyl (C=O) groups excluding carboxylic acids is 1. The number of carbonyl (C=O) groups is 1. The number of halogens is 2. The molecule has 4 nitrogen and oxygen atoms in total. The van der Waals surface area contributed by atoms with E-state index in [1.165, 1.54) is 0 Å². The fraction of sp³-hybridized carbons (Fsp3) is 0.438. The first-order chi connectivity index (χ1) is 9.99. The smallest absolute Gasteiger partial charge is 0.250 e. The van der Waals surface area contributed by atoms with Crippen LogP contribution in [0.1, 0.15) is 25.8 Å². The van der Waals surface area contributed by atoms with E-state index in [4.69, 9.17) is 22.1 Å². The molecule has 0 spiro atoms. The Labute approximate surface area is 142 Å². The summed E-state index contributed by atoms with van der Waals surface area (Å²) in [6.45, 7) is 4.91. The van der Waals surface area contributed by atoms with Gasteiger partial charge in [-0.05, 0) is 36.6 Å². The van der Waals surface area contributed by atoms with Gasteiger partial charge in [0.05, 0.1) is 5.57 Å². The molecule has 0 aliphatic carbocycles. The highest BCUT2D eigenvalue weighted by Crippen LogP contribution is 2.29. The number of hydrogen-bond acceptors (Lipinski definition) is 3. The largest absolute Gasteiger partial charge is 0.488 e. The minimum absolute atomic E-state index is 0. The van der Waals surface area contributed by atoms with E-state index in [1.54, 1.807) is 12.1 Å². The summed E-state index contributed by atoms with van der Waals surface area (Å²) in [5, 5.41) is 3.59. The Morgan fingerprint density at radius 3 is 2.82 bits per heavy atom. The zero-order valence-electron chi connectivity index (χ0n) is 12.8. The third-order valence-electron chi connectivity index (χ3n) is 3.35. The maximum absolute atomic E-state index is 12.3. The van der Waals surface area contributed by atoms with E-state index in [0.29, 0.717) is 23.1 Å². The van der Waals surface area contributed by atoms with Gasteiger partial charge < -0.3 is 15.8 Å². The summed E-state index contributed by atoms with van der Waals surface area (Å²) in [6, 6.07) is 5.35. The van der Waals surface area contributed by atoms with E-state index in [0.717, 1.165) is 17.7 Å². The molecule has 1 heterocycles. The fourth-order valence-electron chi connectivity index (χ4n) is 2.34. The van der Waals surface area contributed by atoms with Crippen LogP contribution in [0.15, 0.2) is 23.8 Å². The van der Waals surface area contributed by atoms with Crippen LogP contribution in [0.2, 0.25) is 5.02 Å². The van der Waals surface area contributed by atoms with E-state index >= 15 is 0 Å². The third-order valence-corrected chi connectivity index (χ3v) is 3.59. The first-order valence-electron chi connectivity index (χ1n) is 7.13. The number of fused-ring (bicyclic) bond motifs is 1. The van der Waals surface area contributed by atoms with Crippen LogP contribution in [0.25, 0.3) is 6.08 Å². The Bertz CT molecular complexity index is 559. The lowest BCUT2D eigenvalue weighted by atomic mass is 10.0. The number of amides is 1. The van der Waals surface area contributed by atoms with Gasteiger partial charge in [-0.3, -0.25) is 4.79 Å². The molecule has 122 valence electrons. The Morgan fingerprint density at radius 1 is 1.45 bits per heavy atom. The van der Waals surface area contributed by atoms with Crippen molar-refractivity contribution in [1.29, 1.82) is 0 Å². The molecular formula is C16H22Cl2N2O2. The molecule has 0 saturated heterocycles. The van der Waals surface area contributed by atoms with Gasteiger partial charge in [0.25, 0.3) is 5.91 Å². The lowest BCUT2D eigenvalue weighted by molar-refractivity contribution is -0.118. The summed E-state index contributed by atoms with van der Waals surface area (Å²) in [5.41, 5.74) is 7.13. The molecule has 0 aromatic heterocycles. The van der Waals surface area contributed by atoms with Crippen molar-refractivity contribution in [3.8, 4) is 5.75 Å². The molecule has 1 unspecified atom stereocenters. The summed E-state index contributed by atoms with van der Waals surface area (Å²) in [6.07, 6.45) is 2.68. The van der Waals surface area contributed by atoms with Crippen molar-refractivity contribution in [2.24, 2.45) is 11.7 Å². The Morgan fingerprint density at radius 2 is 2.18 bits per heavy atom. The second kappa shape index (κ2) is 8.42. The molecule has 22 heavy (non-hydrogen) atoms. The van der Waals surface area contributed by atoms with E-state index in [-0.39, 0.29) is 31.0 Å². The topological polar surface area (TPSA) is 64.3 Å². The van der Waals surface area contributed by atoms with Crippen molar-refractivity contribution in [2.75, 3.05) is 13.2 Å². The first kappa shape index (κ1) is 18.8. The highest BCUT2D eigenvalue weighted by atomic mass is 35.5.